The van der Waals surface area contributed by atoms with E-state index < -0.39 is 10.1 Å². The van der Waals surface area contributed by atoms with Crippen molar-refractivity contribution in [3.05, 3.63) is 35.6 Å². The Balaban J connectivity index is 3.10. The second-order valence-corrected chi connectivity index (χ2v) is 5.26. The number of halogens is 2. The maximum absolute atomic E-state index is 13.1. The lowest BCUT2D eigenvalue weighted by atomic mass is 10.0. The van der Waals surface area contributed by atoms with Crippen LogP contribution in [0.1, 0.15) is 24.2 Å². The molecule has 0 spiro atoms. The van der Waals surface area contributed by atoms with E-state index in [4.69, 9.17) is 0 Å². The van der Waals surface area contributed by atoms with E-state index in [1.807, 2.05) is 0 Å². The fraction of sp³-hybridized carbons (Fsp3) is 0.300. The van der Waals surface area contributed by atoms with Gasteiger partial charge in [-0.15, -0.1) is 0 Å². The van der Waals surface area contributed by atoms with Gasteiger partial charge in [0.05, 0.1) is 9.89 Å². The summed E-state index contributed by atoms with van der Waals surface area (Å²) >= 11 is 3.20. The molecule has 0 fully saturated rings. The molecule has 1 rings (SSSR count). The minimum atomic E-state index is -0.713. The Kier molecular flexibility index (Phi) is 2.86. The molecule has 0 N–H and O–H groups in total. The Morgan fingerprint density at radius 1 is 1.38 bits per heavy atom. The van der Waals surface area contributed by atoms with Gasteiger partial charge in [0.1, 0.15) is 5.82 Å². The van der Waals surface area contributed by atoms with Crippen molar-refractivity contribution in [2.75, 3.05) is 0 Å². The van der Waals surface area contributed by atoms with E-state index >= 15 is 0 Å². The van der Waals surface area contributed by atoms with Gasteiger partial charge >= 0.3 is 0 Å². The fourth-order valence-electron chi connectivity index (χ4n) is 0.966. The first-order valence-electron chi connectivity index (χ1n) is 3.91. The molecule has 1 nitrogen and oxygen atoms in total. The second-order valence-electron chi connectivity index (χ2n) is 3.28. The van der Waals surface area contributed by atoms with Crippen molar-refractivity contribution >= 4 is 21.7 Å². The summed E-state index contributed by atoms with van der Waals surface area (Å²) in [7, 11) is 0. The molecule has 0 amide bonds. The Morgan fingerprint density at radius 3 is 2.38 bits per heavy atom. The van der Waals surface area contributed by atoms with Gasteiger partial charge in [0.25, 0.3) is 0 Å². The molecule has 13 heavy (non-hydrogen) atoms. The topological polar surface area (TPSA) is 17.1 Å². The fourth-order valence-corrected chi connectivity index (χ4v) is 1.18. The number of Topliss-reactive ketones (excluding diaryl/α,β-unsaturated/α-hetero) is 1. The molecule has 0 aliphatic rings. The lowest BCUT2D eigenvalue weighted by molar-refractivity contribution is 0.0957. The van der Waals surface area contributed by atoms with Gasteiger partial charge in [-0.05, 0) is 26.0 Å². The van der Waals surface area contributed by atoms with E-state index in [1.54, 1.807) is 26.0 Å². The van der Waals surface area contributed by atoms with Crippen molar-refractivity contribution in [3.8, 4) is 0 Å². The smallest absolute Gasteiger partial charge is 0.181 e. The highest BCUT2D eigenvalue weighted by atomic mass is 79.9. The predicted molar refractivity (Wildman–Crippen MR) is 53.7 cm³/mol. The molecule has 0 aliphatic heterocycles. The van der Waals surface area contributed by atoms with Gasteiger partial charge in [0, 0.05) is 0 Å². The van der Waals surface area contributed by atoms with E-state index in [0.717, 1.165) is 0 Å². The minimum absolute atomic E-state index is 0.129. The first-order valence-corrected chi connectivity index (χ1v) is 4.70. The van der Waals surface area contributed by atoms with Crippen LogP contribution in [0, 0.1) is 5.82 Å². The Labute approximate surface area is 85.1 Å². The summed E-state index contributed by atoms with van der Waals surface area (Å²) < 4.78 is 12.4. The van der Waals surface area contributed by atoms with Crippen molar-refractivity contribution < 1.29 is 9.18 Å². The summed E-state index contributed by atoms with van der Waals surface area (Å²) in [6.07, 6.45) is 0. The lowest BCUT2D eigenvalue weighted by Crippen LogP contribution is -2.24. The SMILES string of the molecule is CC(C)(Br)C(=O)c1ccccc1F. The first kappa shape index (κ1) is 10.4. The third-order valence-corrected chi connectivity index (χ3v) is 2.02. The molecule has 0 atom stereocenters. The Morgan fingerprint density at radius 2 is 1.92 bits per heavy atom. The molecule has 0 radical (unpaired) electrons. The van der Waals surface area contributed by atoms with E-state index in [-0.39, 0.29) is 11.3 Å². The van der Waals surface area contributed by atoms with Gasteiger partial charge in [0.2, 0.25) is 0 Å². The van der Waals surface area contributed by atoms with E-state index in [9.17, 15) is 9.18 Å². The third kappa shape index (κ3) is 2.37. The molecular formula is C10H10BrFO. The van der Waals surface area contributed by atoms with Crippen molar-refractivity contribution in [3.63, 3.8) is 0 Å². The van der Waals surface area contributed by atoms with Crippen molar-refractivity contribution in [1.82, 2.24) is 0 Å². The summed E-state index contributed by atoms with van der Waals surface area (Å²) in [5.41, 5.74) is 0.129. The van der Waals surface area contributed by atoms with E-state index in [2.05, 4.69) is 15.9 Å². The number of rotatable bonds is 2. The summed E-state index contributed by atoms with van der Waals surface area (Å²) in [5.74, 6) is -0.717. The highest BCUT2D eigenvalue weighted by Crippen LogP contribution is 2.23. The monoisotopic (exact) mass is 244 g/mol. The van der Waals surface area contributed by atoms with Gasteiger partial charge < -0.3 is 0 Å². The van der Waals surface area contributed by atoms with Gasteiger partial charge in [-0.25, -0.2) is 4.39 Å². The number of carbonyl (C=O) groups is 1. The molecule has 0 aliphatic carbocycles. The number of benzene rings is 1. The van der Waals surface area contributed by atoms with Crippen LogP contribution in [-0.2, 0) is 0 Å². The van der Waals surface area contributed by atoms with Gasteiger partial charge in [0.15, 0.2) is 5.78 Å². The van der Waals surface area contributed by atoms with Crippen molar-refractivity contribution in [1.29, 1.82) is 0 Å². The molecule has 0 bridgehead atoms. The molecule has 3 heteroatoms. The molecule has 0 unspecified atom stereocenters. The van der Waals surface area contributed by atoms with E-state index in [1.165, 1.54) is 12.1 Å². The highest BCUT2D eigenvalue weighted by Gasteiger charge is 2.26. The van der Waals surface area contributed by atoms with Gasteiger partial charge in [-0.2, -0.15) is 0 Å². The van der Waals surface area contributed by atoms with Crippen LogP contribution >= 0.6 is 15.9 Å². The van der Waals surface area contributed by atoms with Crippen LogP contribution in [-0.4, -0.2) is 10.1 Å². The van der Waals surface area contributed by atoms with Crippen LogP contribution in [0.4, 0.5) is 4.39 Å². The van der Waals surface area contributed by atoms with Gasteiger partial charge in [-0.1, -0.05) is 28.1 Å². The molecule has 1 aromatic rings. The minimum Gasteiger partial charge on any atom is -0.293 e. The van der Waals surface area contributed by atoms with E-state index in [0.29, 0.717) is 0 Å². The number of hydrogen-bond donors (Lipinski definition) is 0. The van der Waals surface area contributed by atoms with Crippen molar-refractivity contribution in [2.45, 2.75) is 18.2 Å². The highest BCUT2D eigenvalue weighted by molar-refractivity contribution is 9.10. The van der Waals surface area contributed by atoms with Gasteiger partial charge in [-0.3, -0.25) is 4.79 Å². The average molecular weight is 245 g/mol. The zero-order chi connectivity index (χ0) is 10.1. The first-order chi connectivity index (χ1) is 5.93. The largest absolute Gasteiger partial charge is 0.293 e. The molecule has 1 aromatic carbocycles. The summed E-state index contributed by atoms with van der Waals surface area (Å²) in [6, 6.07) is 5.98. The maximum Gasteiger partial charge on any atom is 0.181 e. The second kappa shape index (κ2) is 3.58. The van der Waals surface area contributed by atoms with Crippen LogP contribution in [0.3, 0.4) is 0 Å². The standard InChI is InChI=1S/C10H10BrFO/c1-10(2,11)9(13)7-5-3-4-6-8(7)12/h3-6H,1-2H3. The molecule has 0 heterocycles. The zero-order valence-corrected chi connectivity index (χ0v) is 9.06. The average Bonchev–Trinajstić information content (AvgIpc) is 2.02. The van der Waals surface area contributed by atoms with Crippen LogP contribution in [0.2, 0.25) is 0 Å². The van der Waals surface area contributed by atoms with Crippen LogP contribution < -0.4 is 0 Å². The molecule has 0 saturated heterocycles. The number of alkyl halides is 1. The number of hydrogen-bond acceptors (Lipinski definition) is 1. The number of ketones is 1. The predicted octanol–water partition coefficient (Wildman–Crippen LogP) is 3.18. The van der Waals surface area contributed by atoms with Crippen LogP contribution in [0.25, 0.3) is 0 Å². The molecular weight excluding hydrogens is 235 g/mol. The van der Waals surface area contributed by atoms with Crippen molar-refractivity contribution in [2.24, 2.45) is 0 Å². The Bertz CT molecular complexity index is 328. The molecule has 0 saturated carbocycles. The summed E-state index contributed by atoms with van der Waals surface area (Å²) in [4.78, 5) is 11.6. The third-order valence-electron chi connectivity index (χ3n) is 1.66. The van der Waals surface area contributed by atoms with Crippen LogP contribution in [0.5, 0.6) is 0 Å². The summed E-state index contributed by atoms with van der Waals surface area (Å²) in [6.45, 7) is 3.39. The summed E-state index contributed by atoms with van der Waals surface area (Å²) in [5, 5.41) is 0. The lowest BCUT2D eigenvalue weighted by Gasteiger charge is -2.14. The Hall–Kier alpha value is -0.700. The maximum atomic E-state index is 13.1. The molecule has 0 aromatic heterocycles. The molecule has 70 valence electrons. The number of carbonyl (C=O) groups excluding carboxylic acids is 1. The quantitative estimate of drug-likeness (QED) is 0.577. The zero-order valence-electron chi connectivity index (χ0n) is 7.47. The normalized spacial score (nSPS) is 11.4. The van der Waals surface area contributed by atoms with Crippen LogP contribution in [0.15, 0.2) is 24.3 Å².